The van der Waals surface area contributed by atoms with E-state index in [0.717, 1.165) is 13.0 Å². The van der Waals surface area contributed by atoms with Gasteiger partial charge in [0.2, 0.25) is 10.0 Å². The molecule has 118 valence electrons. The lowest BCUT2D eigenvalue weighted by atomic mass is 10.2. The van der Waals surface area contributed by atoms with Gasteiger partial charge in [0.15, 0.2) is 0 Å². The van der Waals surface area contributed by atoms with E-state index in [1.165, 1.54) is 35.6 Å². The second-order valence-electron chi connectivity index (χ2n) is 4.77. The third-order valence-electron chi connectivity index (χ3n) is 3.57. The second kappa shape index (κ2) is 7.22. The van der Waals surface area contributed by atoms with Crippen LogP contribution < -0.4 is 10.6 Å². The topological polar surface area (TPSA) is 78.5 Å². The zero-order valence-corrected chi connectivity index (χ0v) is 13.6. The van der Waals surface area contributed by atoms with Crippen molar-refractivity contribution >= 4 is 28.3 Å². The normalized spacial score (nSPS) is 18.3. The lowest BCUT2D eigenvalue weighted by Gasteiger charge is -2.23. The Kier molecular flexibility index (Phi) is 6.15. The molecule has 1 aliphatic heterocycles. The molecule has 1 aromatic rings. The zero-order chi connectivity index (χ0) is 14.8. The van der Waals surface area contributed by atoms with E-state index in [9.17, 15) is 13.2 Å². The summed E-state index contributed by atoms with van der Waals surface area (Å²) in [6.45, 7) is 1.51. The molecule has 0 bridgehead atoms. The molecule has 1 saturated heterocycles. The van der Waals surface area contributed by atoms with Gasteiger partial charge in [-0.2, -0.15) is 4.31 Å². The number of nitrogens with zero attached hydrogens (tertiary/aromatic N) is 1. The molecule has 1 atom stereocenters. The van der Waals surface area contributed by atoms with E-state index in [2.05, 4.69) is 10.6 Å². The highest BCUT2D eigenvalue weighted by molar-refractivity contribution is 7.89. The highest BCUT2D eigenvalue weighted by Crippen LogP contribution is 2.19. The molecule has 0 saturated carbocycles. The Morgan fingerprint density at radius 1 is 1.33 bits per heavy atom. The van der Waals surface area contributed by atoms with Crippen LogP contribution in [-0.2, 0) is 10.0 Å². The Hall–Kier alpha value is -1.15. The maximum Gasteiger partial charge on any atom is 0.251 e. The van der Waals surface area contributed by atoms with Crippen LogP contribution in [0.2, 0.25) is 0 Å². The number of hydrogen-bond acceptors (Lipinski definition) is 4. The van der Waals surface area contributed by atoms with E-state index < -0.39 is 10.0 Å². The van der Waals surface area contributed by atoms with Crippen molar-refractivity contribution in [1.29, 1.82) is 0 Å². The van der Waals surface area contributed by atoms with E-state index in [4.69, 9.17) is 0 Å². The fraction of sp³-hybridized carbons (Fsp3) is 0.462. The van der Waals surface area contributed by atoms with Gasteiger partial charge in [-0.05, 0) is 37.2 Å². The molecule has 1 heterocycles. The lowest BCUT2D eigenvalue weighted by molar-refractivity contribution is 0.0963. The van der Waals surface area contributed by atoms with Crippen LogP contribution in [0, 0.1) is 0 Å². The fourth-order valence-corrected chi connectivity index (χ4v) is 3.62. The molecule has 8 heteroatoms. The minimum absolute atomic E-state index is 0. The predicted octanol–water partition coefficient (Wildman–Crippen LogP) is 0.450. The van der Waals surface area contributed by atoms with Crippen molar-refractivity contribution < 1.29 is 13.2 Å². The van der Waals surface area contributed by atoms with Crippen molar-refractivity contribution in [3.63, 3.8) is 0 Å². The van der Waals surface area contributed by atoms with Crippen LogP contribution in [0.25, 0.3) is 0 Å². The number of sulfonamides is 1. The zero-order valence-electron chi connectivity index (χ0n) is 12.0. The van der Waals surface area contributed by atoms with Gasteiger partial charge in [-0.25, -0.2) is 8.42 Å². The number of hydrogen-bond donors (Lipinski definition) is 2. The Morgan fingerprint density at radius 3 is 2.43 bits per heavy atom. The van der Waals surface area contributed by atoms with Crippen LogP contribution in [0.15, 0.2) is 29.2 Å². The summed E-state index contributed by atoms with van der Waals surface area (Å²) in [6.07, 6.45) is 0.812. The number of carbonyl (C=O) groups excluding carboxylic acids is 1. The first-order valence-electron chi connectivity index (χ1n) is 6.47. The highest BCUT2D eigenvalue weighted by atomic mass is 35.5. The Labute approximate surface area is 131 Å². The van der Waals surface area contributed by atoms with Gasteiger partial charge in [0.05, 0.1) is 4.90 Å². The number of likely N-dealkylation sites (N-methyl/N-ethyl adjacent to an activating group) is 1. The van der Waals surface area contributed by atoms with Gasteiger partial charge in [-0.3, -0.25) is 4.79 Å². The molecule has 0 spiro atoms. The standard InChI is InChI=1S/C13H19N3O3S.ClH/c1-14-13(17)10-3-5-12(6-4-10)20(18,19)16(2)11-7-8-15-9-11;/h3-6,11,15H,7-9H2,1-2H3,(H,14,17);1H. The molecule has 2 rings (SSSR count). The summed E-state index contributed by atoms with van der Waals surface area (Å²) in [5.41, 5.74) is 0.441. The van der Waals surface area contributed by atoms with Gasteiger partial charge in [-0.15, -0.1) is 12.4 Å². The summed E-state index contributed by atoms with van der Waals surface area (Å²) in [7, 11) is -0.378. The Bertz CT molecular complexity index is 583. The van der Waals surface area contributed by atoms with Crippen LogP contribution in [0.5, 0.6) is 0 Å². The van der Waals surface area contributed by atoms with Crippen molar-refractivity contribution in [2.24, 2.45) is 0 Å². The molecule has 1 aliphatic rings. The summed E-state index contributed by atoms with van der Waals surface area (Å²) in [4.78, 5) is 11.6. The Balaban J connectivity index is 0.00000220. The molecule has 1 aromatic carbocycles. The van der Waals surface area contributed by atoms with Crippen LogP contribution in [0.3, 0.4) is 0 Å². The molecular formula is C13H20ClN3O3S. The predicted molar refractivity (Wildman–Crippen MR) is 83.3 cm³/mol. The van der Waals surface area contributed by atoms with E-state index in [-0.39, 0.29) is 29.3 Å². The second-order valence-corrected chi connectivity index (χ2v) is 6.77. The van der Waals surface area contributed by atoms with Crippen molar-refractivity contribution in [1.82, 2.24) is 14.9 Å². The first-order valence-corrected chi connectivity index (χ1v) is 7.91. The van der Waals surface area contributed by atoms with Gasteiger partial charge in [0, 0.05) is 32.2 Å². The quantitative estimate of drug-likeness (QED) is 0.838. The first kappa shape index (κ1) is 17.9. The number of halogens is 1. The lowest BCUT2D eigenvalue weighted by Crippen LogP contribution is -2.38. The van der Waals surface area contributed by atoms with E-state index >= 15 is 0 Å². The SMILES string of the molecule is CNC(=O)c1ccc(S(=O)(=O)N(C)C2CCNC2)cc1.Cl. The molecule has 0 aromatic heterocycles. The summed E-state index contributed by atoms with van der Waals surface area (Å²) in [6, 6.07) is 5.97. The molecular weight excluding hydrogens is 314 g/mol. The number of amides is 1. The monoisotopic (exact) mass is 333 g/mol. The molecule has 1 fully saturated rings. The van der Waals surface area contributed by atoms with Crippen molar-refractivity contribution in [3.05, 3.63) is 29.8 Å². The fourth-order valence-electron chi connectivity index (χ4n) is 2.23. The molecule has 6 nitrogen and oxygen atoms in total. The van der Waals surface area contributed by atoms with Gasteiger partial charge in [0.1, 0.15) is 0 Å². The first-order chi connectivity index (χ1) is 9.46. The maximum atomic E-state index is 12.5. The van der Waals surface area contributed by atoms with Gasteiger partial charge in [-0.1, -0.05) is 0 Å². The number of benzene rings is 1. The highest BCUT2D eigenvalue weighted by Gasteiger charge is 2.29. The summed E-state index contributed by atoms with van der Waals surface area (Å²) in [5, 5.41) is 5.65. The van der Waals surface area contributed by atoms with E-state index in [1.807, 2.05) is 0 Å². The third kappa shape index (κ3) is 3.74. The summed E-state index contributed by atoms with van der Waals surface area (Å²) < 4.78 is 26.3. The van der Waals surface area contributed by atoms with Crippen LogP contribution in [0.4, 0.5) is 0 Å². The molecule has 1 unspecified atom stereocenters. The number of rotatable bonds is 4. The van der Waals surface area contributed by atoms with Gasteiger partial charge >= 0.3 is 0 Å². The minimum Gasteiger partial charge on any atom is -0.355 e. The average Bonchev–Trinajstić information content (AvgIpc) is 2.99. The van der Waals surface area contributed by atoms with Gasteiger partial charge in [0.25, 0.3) is 5.91 Å². The number of carbonyl (C=O) groups is 1. The average molecular weight is 334 g/mol. The van der Waals surface area contributed by atoms with Crippen LogP contribution in [0.1, 0.15) is 16.8 Å². The largest absolute Gasteiger partial charge is 0.355 e. The third-order valence-corrected chi connectivity index (χ3v) is 5.49. The molecule has 1 amide bonds. The molecule has 0 aliphatic carbocycles. The van der Waals surface area contributed by atoms with E-state index in [0.29, 0.717) is 12.1 Å². The maximum absolute atomic E-state index is 12.5. The summed E-state index contributed by atoms with van der Waals surface area (Å²) in [5.74, 6) is -0.234. The smallest absolute Gasteiger partial charge is 0.251 e. The van der Waals surface area contributed by atoms with Crippen molar-refractivity contribution in [3.8, 4) is 0 Å². The number of nitrogens with one attached hydrogen (secondary N) is 2. The van der Waals surface area contributed by atoms with E-state index in [1.54, 1.807) is 7.05 Å². The molecule has 21 heavy (non-hydrogen) atoms. The minimum atomic E-state index is -3.51. The summed E-state index contributed by atoms with van der Waals surface area (Å²) >= 11 is 0. The van der Waals surface area contributed by atoms with Crippen LogP contribution >= 0.6 is 12.4 Å². The van der Waals surface area contributed by atoms with Crippen molar-refractivity contribution in [2.45, 2.75) is 17.4 Å². The molecule has 0 radical (unpaired) electrons. The van der Waals surface area contributed by atoms with Crippen LogP contribution in [-0.4, -0.2) is 51.9 Å². The Morgan fingerprint density at radius 2 is 1.95 bits per heavy atom. The van der Waals surface area contributed by atoms with Gasteiger partial charge < -0.3 is 10.6 Å². The van der Waals surface area contributed by atoms with Crippen molar-refractivity contribution in [2.75, 3.05) is 27.2 Å². The molecule has 2 N–H and O–H groups in total.